The molecule has 2 aromatic rings. The van der Waals surface area contributed by atoms with Crippen molar-refractivity contribution in [1.82, 2.24) is 10.2 Å². The second kappa shape index (κ2) is 9.93. The Bertz CT molecular complexity index is 1080. The molecule has 0 radical (unpaired) electrons. The standard InChI is InChI=1S/C27H30N2O5S/c30-24(31)23-15-35-17-29(23)25(32)27(12-6-1-7-13-27)16-28-26(33)34-14-22-20-10-4-2-8-18(20)19-9-3-5-11-21(19)22/h2-5,8-11,22-23H,1,6-7,12-17H2,(H,28,33)(H,30,31). The normalized spacial score (nSPS) is 20.7. The summed E-state index contributed by atoms with van der Waals surface area (Å²) in [6.45, 7) is 0.376. The number of amides is 2. The fourth-order valence-corrected chi connectivity index (χ4v) is 6.88. The van der Waals surface area contributed by atoms with Crippen molar-refractivity contribution >= 4 is 29.7 Å². The van der Waals surface area contributed by atoms with Crippen LogP contribution in [0.25, 0.3) is 11.1 Å². The number of nitrogens with one attached hydrogen (secondary N) is 1. The summed E-state index contributed by atoms with van der Waals surface area (Å²) >= 11 is 1.46. The zero-order valence-electron chi connectivity index (χ0n) is 19.6. The van der Waals surface area contributed by atoms with E-state index >= 15 is 0 Å². The maximum atomic E-state index is 13.5. The van der Waals surface area contributed by atoms with Crippen molar-refractivity contribution in [3.8, 4) is 11.1 Å². The zero-order chi connectivity index (χ0) is 24.4. The molecule has 5 rings (SSSR count). The Balaban J connectivity index is 1.25. The van der Waals surface area contributed by atoms with Gasteiger partial charge in [0, 0.05) is 18.2 Å². The minimum absolute atomic E-state index is 0.0311. The second-order valence-corrected chi connectivity index (χ2v) is 10.6. The van der Waals surface area contributed by atoms with E-state index in [1.807, 2.05) is 24.3 Å². The molecule has 1 atom stereocenters. The summed E-state index contributed by atoms with van der Waals surface area (Å²) in [7, 11) is 0. The largest absolute Gasteiger partial charge is 0.480 e. The molecule has 35 heavy (non-hydrogen) atoms. The van der Waals surface area contributed by atoms with Gasteiger partial charge in [0.2, 0.25) is 5.91 Å². The van der Waals surface area contributed by atoms with E-state index < -0.39 is 23.5 Å². The Labute approximate surface area is 209 Å². The number of hydrogen-bond acceptors (Lipinski definition) is 5. The van der Waals surface area contributed by atoms with Gasteiger partial charge in [-0.3, -0.25) is 4.79 Å². The predicted molar refractivity (Wildman–Crippen MR) is 134 cm³/mol. The Hall–Kier alpha value is -3.00. The lowest BCUT2D eigenvalue weighted by molar-refractivity contribution is -0.153. The number of carbonyl (C=O) groups is 3. The zero-order valence-corrected chi connectivity index (χ0v) is 20.4. The summed E-state index contributed by atoms with van der Waals surface area (Å²) in [6.07, 6.45) is 3.55. The first-order chi connectivity index (χ1) is 17.0. The first-order valence-corrected chi connectivity index (χ1v) is 13.4. The van der Waals surface area contributed by atoms with E-state index in [0.29, 0.717) is 24.5 Å². The Morgan fingerprint density at radius 2 is 1.63 bits per heavy atom. The molecule has 3 aliphatic rings. The van der Waals surface area contributed by atoms with Crippen LogP contribution < -0.4 is 5.32 Å². The predicted octanol–water partition coefficient (Wildman–Crippen LogP) is 4.46. The number of alkyl carbamates (subject to hydrolysis) is 1. The average Bonchev–Trinajstić information content (AvgIpc) is 3.50. The van der Waals surface area contributed by atoms with Crippen LogP contribution >= 0.6 is 11.8 Å². The molecule has 1 heterocycles. The molecule has 8 heteroatoms. The van der Waals surface area contributed by atoms with E-state index in [9.17, 15) is 19.5 Å². The highest BCUT2D eigenvalue weighted by Crippen LogP contribution is 2.44. The third-order valence-electron chi connectivity index (χ3n) is 7.61. The van der Waals surface area contributed by atoms with Crippen LogP contribution in [0, 0.1) is 5.41 Å². The quantitative estimate of drug-likeness (QED) is 0.616. The lowest BCUT2D eigenvalue weighted by atomic mass is 9.72. The molecule has 1 saturated carbocycles. The number of fused-ring (bicyclic) bond motifs is 3. The van der Waals surface area contributed by atoms with Crippen LogP contribution in [0.2, 0.25) is 0 Å². The minimum Gasteiger partial charge on any atom is -0.480 e. The number of benzene rings is 2. The van der Waals surface area contributed by atoms with E-state index in [0.717, 1.165) is 30.4 Å². The third-order valence-corrected chi connectivity index (χ3v) is 8.62. The van der Waals surface area contributed by atoms with E-state index in [4.69, 9.17) is 4.74 Å². The van der Waals surface area contributed by atoms with Crippen LogP contribution in [0.3, 0.4) is 0 Å². The maximum Gasteiger partial charge on any atom is 0.407 e. The van der Waals surface area contributed by atoms with Gasteiger partial charge in [-0.25, -0.2) is 9.59 Å². The molecular formula is C27H30N2O5S. The Kier molecular flexibility index (Phi) is 6.73. The van der Waals surface area contributed by atoms with E-state index in [-0.39, 0.29) is 25.0 Å². The van der Waals surface area contributed by atoms with E-state index in [1.165, 1.54) is 27.8 Å². The highest BCUT2D eigenvalue weighted by atomic mass is 32.2. The molecule has 0 bridgehead atoms. The van der Waals surface area contributed by atoms with Gasteiger partial charge in [0.1, 0.15) is 12.6 Å². The fourth-order valence-electron chi connectivity index (χ4n) is 5.74. The van der Waals surface area contributed by atoms with Gasteiger partial charge in [0.25, 0.3) is 0 Å². The van der Waals surface area contributed by atoms with Gasteiger partial charge in [-0.05, 0) is 35.1 Å². The van der Waals surface area contributed by atoms with Crippen molar-refractivity contribution in [3.05, 3.63) is 59.7 Å². The van der Waals surface area contributed by atoms with Crippen LogP contribution in [0.5, 0.6) is 0 Å². The molecule has 184 valence electrons. The molecule has 1 unspecified atom stereocenters. The van der Waals surface area contributed by atoms with Gasteiger partial charge in [0.05, 0.1) is 11.3 Å². The van der Waals surface area contributed by atoms with Gasteiger partial charge in [-0.15, -0.1) is 11.8 Å². The smallest absolute Gasteiger partial charge is 0.407 e. The summed E-state index contributed by atoms with van der Waals surface area (Å²) in [5.41, 5.74) is 3.85. The van der Waals surface area contributed by atoms with Crippen LogP contribution in [0.1, 0.15) is 49.1 Å². The average molecular weight is 495 g/mol. The molecule has 0 aromatic heterocycles. The number of thioether (sulfide) groups is 1. The topological polar surface area (TPSA) is 95.9 Å². The molecule has 2 N–H and O–H groups in total. The number of hydrogen-bond donors (Lipinski definition) is 2. The monoisotopic (exact) mass is 494 g/mol. The van der Waals surface area contributed by atoms with Crippen molar-refractivity contribution in [1.29, 1.82) is 0 Å². The second-order valence-electron chi connectivity index (χ2n) is 9.65. The summed E-state index contributed by atoms with van der Waals surface area (Å²) in [6, 6.07) is 15.5. The minimum atomic E-state index is -0.973. The molecule has 1 aliphatic heterocycles. The van der Waals surface area contributed by atoms with Crippen LogP contribution in [0.4, 0.5) is 4.79 Å². The van der Waals surface area contributed by atoms with Gasteiger partial charge < -0.3 is 20.1 Å². The summed E-state index contributed by atoms with van der Waals surface area (Å²) < 4.78 is 5.67. The van der Waals surface area contributed by atoms with Crippen LogP contribution in [0.15, 0.2) is 48.5 Å². The molecule has 2 fully saturated rings. The van der Waals surface area contributed by atoms with Crippen molar-refractivity contribution in [3.63, 3.8) is 0 Å². The SMILES string of the molecule is O=C(NCC1(C(=O)N2CSCC2C(=O)O)CCCCC1)OCC1c2ccccc2-c2ccccc21. The highest BCUT2D eigenvalue weighted by Gasteiger charge is 2.47. The number of carboxylic acids is 1. The summed E-state index contributed by atoms with van der Waals surface area (Å²) in [5.74, 6) is -0.386. The summed E-state index contributed by atoms with van der Waals surface area (Å²) in [4.78, 5) is 39.5. The van der Waals surface area contributed by atoms with Crippen molar-refractivity contribution in [2.45, 2.75) is 44.1 Å². The molecule has 1 saturated heterocycles. The highest BCUT2D eigenvalue weighted by molar-refractivity contribution is 7.99. The van der Waals surface area contributed by atoms with Gasteiger partial charge in [-0.1, -0.05) is 67.8 Å². The lowest BCUT2D eigenvalue weighted by Gasteiger charge is -2.39. The van der Waals surface area contributed by atoms with Gasteiger partial charge in [0.15, 0.2) is 0 Å². The first kappa shape index (κ1) is 23.7. The Morgan fingerprint density at radius 1 is 1.00 bits per heavy atom. The number of rotatable bonds is 6. The molecule has 0 spiro atoms. The number of aliphatic carboxylic acids is 1. The molecule has 2 aromatic carbocycles. The van der Waals surface area contributed by atoms with Crippen LogP contribution in [-0.4, -0.2) is 58.8 Å². The number of carboxylic acid groups (broad SMARTS) is 1. The lowest BCUT2D eigenvalue weighted by Crippen LogP contribution is -2.54. The van der Waals surface area contributed by atoms with Crippen LogP contribution in [-0.2, 0) is 14.3 Å². The molecule has 2 aliphatic carbocycles. The Morgan fingerprint density at radius 3 is 2.26 bits per heavy atom. The maximum absolute atomic E-state index is 13.5. The fraction of sp³-hybridized carbons (Fsp3) is 0.444. The third kappa shape index (κ3) is 4.51. The number of ether oxygens (including phenoxy) is 1. The molecular weight excluding hydrogens is 464 g/mol. The number of carbonyl (C=O) groups excluding carboxylic acids is 2. The van der Waals surface area contributed by atoms with E-state index in [2.05, 4.69) is 29.6 Å². The van der Waals surface area contributed by atoms with Gasteiger partial charge >= 0.3 is 12.1 Å². The molecule has 7 nitrogen and oxygen atoms in total. The van der Waals surface area contributed by atoms with Crippen molar-refractivity contribution in [2.24, 2.45) is 5.41 Å². The number of nitrogens with zero attached hydrogens (tertiary/aromatic N) is 1. The molecule has 2 amide bonds. The van der Waals surface area contributed by atoms with Gasteiger partial charge in [-0.2, -0.15) is 0 Å². The first-order valence-electron chi connectivity index (χ1n) is 12.2. The van der Waals surface area contributed by atoms with Crippen molar-refractivity contribution in [2.75, 3.05) is 24.8 Å². The van der Waals surface area contributed by atoms with Crippen molar-refractivity contribution < 1.29 is 24.2 Å². The van der Waals surface area contributed by atoms with E-state index in [1.54, 1.807) is 0 Å². The summed E-state index contributed by atoms with van der Waals surface area (Å²) in [5, 5.41) is 12.4.